The van der Waals surface area contributed by atoms with Crippen LogP contribution in [0, 0.1) is 0 Å². The Hall–Kier alpha value is -0.770. The first-order chi connectivity index (χ1) is 7.56. The van der Waals surface area contributed by atoms with Crippen molar-refractivity contribution in [3.63, 3.8) is 0 Å². The maximum atomic E-state index is 9.40. The molecule has 90 valence electrons. The van der Waals surface area contributed by atoms with E-state index in [4.69, 9.17) is 16.3 Å². The van der Waals surface area contributed by atoms with Crippen molar-refractivity contribution in [2.75, 3.05) is 7.05 Å². The smallest absolute Gasteiger partial charge is 0.125 e. The minimum absolute atomic E-state index is 0.255. The van der Waals surface area contributed by atoms with Crippen LogP contribution in [0.1, 0.15) is 19.4 Å². The second-order valence-corrected chi connectivity index (χ2v) is 4.22. The summed E-state index contributed by atoms with van der Waals surface area (Å²) in [5, 5.41) is 13.1. The molecule has 2 unspecified atom stereocenters. The number of aliphatic hydroxyl groups excluding tert-OH is 1. The summed E-state index contributed by atoms with van der Waals surface area (Å²) in [4.78, 5) is 0. The van der Waals surface area contributed by atoms with Crippen molar-refractivity contribution in [2.24, 2.45) is 0 Å². The molecule has 0 amide bonds. The molecule has 1 rings (SSSR count). The molecule has 0 spiro atoms. The summed E-state index contributed by atoms with van der Waals surface area (Å²) in [5.74, 6) is 0.718. The standard InChI is InChI=1S/C12H18ClNO2/c1-8(15)9(2)16-12-6-4-5-11(13)10(12)7-14-3/h4-6,8-9,14-15H,7H2,1-3H3. The quantitative estimate of drug-likeness (QED) is 0.833. The molecule has 16 heavy (non-hydrogen) atoms. The summed E-state index contributed by atoms with van der Waals surface area (Å²) in [6.45, 7) is 4.17. The molecule has 0 bridgehead atoms. The molecule has 0 aliphatic rings. The molecule has 2 N–H and O–H groups in total. The molecule has 0 heterocycles. The third-order valence-corrected chi connectivity index (χ3v) is 2.78. The number of benzene rings is 1. The number of aliphatic hydroxyl groups is 1. The molecule has 0 saturated carbocycles. The second-order valence-electron chi connectivity index (χ2n) is 3.81. The average molecular weight is 244 g/mol. The van der Waals surface area contributed by atoms with Crippen molar-refractivity contribution >= 4 is 11.6 Å². The number of hydrogen-bond acceptors (Lipinski definition) is 3. The van der Waals surface area contributed by atoms with Crippen molar-refractivity contribution in [3.05, 3.63) is 28.8 Å². The van der Waals surface area contributed by atoms with Crippen molar-refractivity contribution < 1.29 is 9.84 Å². The second kappa shape index (κ2) is 6.09. The summed E-state index contributed by atoms with van der Waals surface area (Å²) in [7, 11) is 1.85. The molecule has 0 aromatic heterocycles. The molecule has 1 aromatic carbocycles. The van der Waals surface area contributed by atoms with E-state index in [0.29, 0.717) is 11.6 Å². The fourth-order valence-corrected chi connectivity index (χ4v) is 1.53. The maximum Gasteiger partial charge on any atom is 0.125 e. The van der Waals surface area contributed by atoms with Gasteiger partial charge in [0, 0.05) is 17.1 Å². The van der Waals surface area contributed by atoms with Crippen LogP contribution in [-0.4, -0.2) is 24.4 Å². The van der Waals surface area contributed by atoms with Gasteiger partial charge < -0.3 is 15.2 Å². The Morgan fingerprint density at radius 2 is 2.12 bits per heavy atom. The van der Waals surface area contributed by atoms with E-state index >= 15 is 0 Å². The Balaban J connectivity index is 2.90. The third-order valence-electron chi connectivity index (χ3n) is 2.42. The van der Waals surface area contributed by atoms with Gasteiger partial charge in [-0.25, -0.2) is 0 Å². The van der Waals surface area contributed by atoms with Gasteiger partial charge in [-0.15, -0.1) is 0 Å². The van der Waals surface area contributed by atoms with Crippen LogP contribution in [0.4, 0.5) is 0 Å². The molecular formula is C12H18ClNO2. The summed E-state index contributed by atoms with van der Waals surface area (Å²) < 4.78 is 5.67. The summed E-state index contributed by atoms with van der Waals surface area (Å²) in [6.07, 6.45) is -0.768. The largest absolute Gasteiger partial charge is 0.488 e. The lowest BCUT2D eigenvalue weighted by Crippen LogP contribution is -2.26. The van der Waals surface area contributed by atoms with Crippen LogP contribution in [0.3, 0.4) is 0 Å². The Morgan fingerprint density at radius 3 is 2.69 bits per heavy atom. The zero-order valence-corrected chi connectivity index (χ0v) is 10.6. The molecule has 0 radical (unpaired) electrons. The first-order valence-electron chi connectivity index (χ1n) is 5.33. The number of halogens is 1. The fraction of sp³-hybridized carbons (Fsp3) is 0.500. The summed E-state index contributed by atoms with van der Waals surface area (Å²) >= 11 is 6.09. The lowest BCUT2D eigenvalue weighted by Gasteiger charge is -2.20. The predicted octanol–water partition coefficient (Wildman–Crippen LogP) is 2.21. The normalized spacial score (nSPS) is 14.6. The van der Waals surface area contributed by atoms with E-state index < -0.39 is 6.10 Å². The Kier molecular flexibility index (Phi) is 5.06. The van der Waals surface area contributed by atoms with Gasteiger partial charge in [0.05, 0.1) is 6.10 Å². The average Bonchev–Trinajstić information content (AvgIpc) is 2.23. The van der Waals surface area contributed by atoms with Crippen molar-refractivity contribution in [1.29, 1.82) is 0 Å². The topological polar surface area (TPSA) is 41.5 Å². The van der Waals surface area contributed by atoms with Crippen LogP contribution in [0.2, 0.25) is 5.02 Å². The van der Waals surface area contributed by atoms with E-state index in [1.165, 1.54) is 0 Å². The number of rotatable bonds is 5. The van der Waals surface area contributed by atoms with Crippen molar-refractivity contribution in [1.82, 2.24) is 5.32 Å². The van der Waals surface area contributed by atoms with Gasteiger partial charge in [0.1, 0.15) is 11.9 Å². The number of nitrogens with one attached hydrogen (secondary N) is 1. The minimum atomic E-state index is -0.513. The van der Waals surface area contributed by atoms with Crippen LogP contribution in [0.5, 0.6) is 5.75 Å². The lowest BCUT2D eigenvalue weighted by atomic mass is 10.2. The van der Waals surface area contributed by atoms with Crippen molar-refractivity contribution in [2.45, 2.75) is 32.6 Å². The minimum Gasteiger partial charge on any atom is -0.488 e. The molecule has 1 aromatic rings. The van der Waals surface area contributed by atoms with Crippen LogP contribution in [0.15, 0.2) is 18.2 Å². The zero-order valence-electron chi connectivity index (χ0n) is 9.83. The maximum absolute atomic E-state index is 9.40. The highest BCUT2D eigenvalue weighted by molar-refractivity contribution is 6.31. The summed E-state index contributed by atoms with van der Waals surface area (Å²) in [6, 6.07) is 5.52. The molecule has 4 heteroatoms. The molecule has 3 nitrogen and oxygen atoms in total. The predicted molar refractivity (Wildman–Crippen MR) is 66.0 cm³/mol. The van der Waals surface area contributed by atoms with E-state index in [1.54, 1.807) is 6.92 Å². The van der Waals surface area contributed by atoms with Gasteiger partial charge in [0.15, 0.2) is 0 Å². The van der Waals surface area contributed by atoms with E-state index in [9.17, 15) is 5.11 Å². The van der Waals surface area contributed by atoms with E-state index in [2.05, 4.69) is 5.32 Å². The summed E-state index contributed by atoms with van der Waals surface area (Å²) in [5.41, 5.74) is 0.916. The highest BCUT2D eigenvalue weighted by Gasteiger charge is 2.14. The number of ether oxygens (including phenoxy) is 1. The third kappa shape index (κ3) is 3.37. The molecule has 2 atom stereocenters. The van der Waals surface area contributed by atoms with Crippen LogP contribution < -0.4 is 10.1 Å². The fourth-order valence-electron chi connectivity index (χ4n) is 1.30. The molecule has 0 aliphatic carbocycles. The van der Waals surface area contributed by atoms with Crippen LogP contribution >= 0.6 is 11.6 Å². The van der Waals surface area contributed by atoms with E-state index in [0.717, 1.165) is 11.3 Å². The SMILES string of the molecule is CNCc1c(Cl)cccc1OC(C)C(C)O. The first-order valence-corrected chi connectivity index (χ1v) is 5.70. The Morgan fingerprint density at radius 1 is 1.44 bits per heavy atom. The Labute approximate surface area is 101 Å². The highest BCUT2D eigenvalue weighted by Crippen LogP contribution is 2.27. The van der Waals surface area contributed by atoms with Gasteiger partial charge in [-0.2, -0.15) is 0 Å². The van der Waals surface area contributed by atoms with Gasteiger partial charge in [-0.1, -0.05) is 17.7 Å². The molecule has 0 saturated heterocycles. The van der Waals surface area contributed by atoms with Crippen molar-refractivity contribution in [3.8, 4) is 5.75 Å². The van der Waals surface area contributed by atoms with Gasteiger partial charge in [-0.3, -0.25) is 0 Å². The zero-order chi connectivity index (χ0) is 12.1. The van der Waals surface area contributed by atoms with Crippen LogP contribution in [0.25, 0.3) is 0 Å². The molecule has 0 fully saturated rings. The van der Waals surface area contributed by atoms with Gasteiger partial charge in [0.2, 0.25) is 0 Å². The van der Waals surface area contributed by atoms with Gasteiger partial charge in [0.25, 0.3) is 0 Å². The first kappa shape index (κ1) is 13.3. The number of hydrogen-bond donors (Lipinski definition) is 2. The molecule has 0 aliphatic heterocycles. The van der Waals surface area contributed by atoms with Gasteiger partial charge in [-0.05, 0) is 33.0 Å². The van der Waals surface area contributed by atoms with Gasteiger partial charge >= 0.3 is 0 Å². The molecular weight excluding hydrogens is 226 g/mol. The van der Waals surface area contributed by atoms with Crippen LogP contribution in [-0.2, 0) is 6.54 Å². The Bertz CT molecular complexity index is 342. The monoisotopic (exact) mass is 243 g/mol. The highest BCUT2D eigenvalue weighted by atomic mass is 35.5. The van der Waals surface area contributed by atoms with E-state index in [1.807, 2.05) is 32.2 Å². The lowest BCUT2D eigenvalue weighted by molar-refractivity contribution is 0.0598. The van der Waals surface area contributed by atoms with E-state index in [-0.39, 0.29) is 6.10 Å².